The molecule has 26 heavy (non-hydrogen) atoms. The number of unbranched alkanes of at least 4 members (excludes halogenated alkanes) is 2. The number of hydrogen-bond acceptors (Lipinski definition) is 1. The Hall–Kier alpha value is -2.54. The summed E-state index contributed by atoms with van der Waals surface area (Å²) in [4.78, 5) is 0. The topological polar surface area (TPSA) is 9.23 Å². The smallest absolute Gasteiger partial charge is 0.118 e. The van der Waals surface area contributed by atoms with Crippen molar-refractivity contribution in [3.63, 3.8) is 0 Å². The fourth-order valence-electron chi connectivity index (χ4n) is 3.38. The molecule has 134 valence electrons. The molecule has 0 spiro atoms. The van der Waals surface area contributed by atoms with Gasteiger partial charge in [0.15, 0.2) is 0 Å². The Bertz CT molecular complexity index is 829. The van der Waals surface area contributed by atoms with Crippen LogP contribution in [0.5, 0.6) is 5.75 Å². The first-order chi connectivity index (χ1) is 12.7. The third kappa shape index (κ3) is 4.35. The molecule has 0 unspecified atom stereocenters. The Labute approximate surface area is 157 Å². The first-order valence-corrected chi connectivity index (χ1v) is 9.55. The van der Waals surface area contributed by atoms with Gasteiger partial charge in [0, 0.05) is 0 Å². The summed E-state index contributed by atoms with van der Waals surface area (Å²) in [6.07, 6.45) is 5.06. The molecule has 1 heteroatoms. The van der Waals surface area contributed by atoms with Crippen molar-refractivity contribution in [2.24, 2.45) is 0 Å². The van der Waals surface area contributed by atoms with Crippen LogP contribution in [0.4, 0.5) is 0 Å². The third-order valence-corrected chi connectivity index (χ3v) is 4.98. The zero-order valence-electron chi connectivity index (χ0n) is 16.1. The Kier molecular flexibility index (Phi) is 6.12. The Morgan fingerprint density at radius 3 is 2.00 bits per heavy atom. The number of hydrogen-bond donors (Lipinski definition) is 0. The van der Waals surface area contributed by atoms with Gasteiger partial charge in [-0.05, 0) is 65.3 Å². The summed E-state index contributed by atoms with van der Waals surface area (Å²) in [5, 5.41) is 0. The van der Waals surface area contributed by atoms with Crippen molar-refractivity contribution in [1.29, 1.82) is 0 Å². The summed E-state index contributed by atoms with van der Waals surface area (Å²) in [5.74, 6) is 0.890. The maximum atomic E-state index is 5.25. The highest BCUT2D eigenvalue weighted by Gasteiger charge is 2.05. The molecule has 0 radical (unpaired) electrons. The van der Waals surface area contributed by atoms with Gasteiger partial charge in [0.25, 0.3) is 0 Å². The van der Waals surface area contributed by atoms with Crippen LogP contribution in [0.15, 0.2) is 66.7 Å². The van der Waals surface area contributed by atoms with Crippen LogP contribution in [-0.2, 0) is 6.42 Å². The van der Waals surface area contributed by atoms with E-state index < -0.39 is 0 Å². The van der Waals surface area contributed by atoms with Crippen LogP contribution >= 0.6 is 0 Å². The SMILES string of the molecule is CCCCCc1ccc(-c2ccc(-c3ccc(OC)cc3)cc2C)cc1. The van der Waals surface area contributed by atoms with Gasteiger partial charge >= 0.3 is 0 Å². The fraction of sp³-hybridized carbons (Fsp3) is 0.280. The van der Waals surface area contributed by atoms with Gasteiger partial charge in [-0.3, -0.25) is 0 Å². The van der Waals surface area contributed by atoms with E-state index in [2.05, 4.69) is 68.4 Å². The molecule has 0 atom stereocenters. The van der Waals surface area contributed by atoms with E-state index in [0.717, 1.165) is 5.75 Å². The molecule has 0 aliphatic heterocycles. The third-order valence-electron chi connectivity index (χ3n) is 4.98. The lowest BCUT2D eigenvalue weighted by molar-refractivity contribution is 0.415. The Balaban J connectivity index is 1.78. The molecule has 0 bridgehead atoms. The second-order valence-corrected chi connectivity index (χ2v) is 6.91. The summed E-state index contributed by atoms with van der Waals surface area (Å²) < 4.78 is 5.25. The molecule has 0 saturated carbocycles. The molecule has 0 heterocycles. The summed E-state index contributed by atoms with van der Waals surface area (Å²) in [7, 11) is 1.70. The van der Waals surface area contributed by atoms with Crippen LogP contribution in [0, 0.1) is 6.92 Å². The van der Waals surface area contributed by atoms with E-state index in [-0.39, 0.29) is 0 Å². The van der Waals surface area contributed by atoms with Crippen LogP contribution in [0.25, 0.3) is 22.3 Å². The highest BCUT2D eigenvalue weighted by atomic mass is 16.5. The molecular weight excluding hydrogens is 316 g/mol. The molecule has 0 aliphatic carbocycles. The van der Waals surface area contributed by atoms with Crippen LogP contribution in [-0.4, -0.2) is 7.11 Å². The van der Waals surface area contributed by atoms with Crippen molar-refractivity contribution < 1.29 is 4.74 Å². The summed E-state index contributed by atoms with van der Waals surface area (Å²) in [5.41, 5.74) is 7.80. The number of methoxy groups -OCH3 is 1. The summed E-state index contributed by atoms with van der Waals surface area (Å²) in [6, 6.07) is 24.0. The predicted molar refractivity (Wildman–Crippen MR) is 112 cm³/mol. The molecule has 3 aromatic carbocycles. The zero-order valence-corrected chi connectivity index (χ0v) is 16.1. The summed E-state index contributed by atoms with van der Waals surface area (Å²) in [6.45, 7) is 4.44. The van der Waals surface area contributed by atoms with Crippen molar-refractivity contribution in [3.05, 3.63) is 77.9 Å². The molecule has 3 aromatic rings. The van der Waals surface area contributed by atoms with Crippen molar-refractivity contribution in [2.45, 2.75) is 39.5 Å². The predicted octanol–water partition coefficient (Wildman–Crippen LogP) is 7.07. The molecule has 1 nitrogen and oxygen atoms in total. The fourth-order valence-corrected chi connectivity index (χ4v) is 3.38. The lowest BCUT2D eigenvalue weighted by atomic mass is 9.94. The Morgan fingerprint density at radius 1 is 0.731 bits per heavy atom. The molecule has 0 N–H and O–H groups in total. The molecule has 0 aliphatic rings. The largest absolute Gasteiger partial charge is 0.497 e. The van der Waals surface area contributed by atoms with Gasteiger partial charge in [0.2, 0.25) is 0 Å². The average molecular weight is 344 g/mol. The van der Waals surface area contributed by atoms with Gasteiger partial charge < -0.3 is 4.74 Å². The van der Waals surface area contributed by atoms with E-state index in [4.69, 9.17) is 4.74 Å². The number of rotatable bonds is 7. The van der Waals surface area contributed by atoms with Crippen molar-refractivity contribution >= 4 is 0 Å². The van der Waals surface area contributed by atoms with Gasteiger partial charge in [-0.1, -0.05) is 74.4 Å². The monoisotopic (exact) mass is 344 g/mol. The minimum absolute atomic E-state index is 0.890. The average Bonchev–Trinajstić information content (AvgIpc) is 2.69. The molecule has 3 rings (SSSR count). The first-order valence-electron chi connectivity index (χ1n) is 9.55. The molecule has 0 amide bonds. The van der Waals surface area contributed by atoms with E-state index in [1.807, 2.05) is 12.1 Å². The van der Waals surface area contributed by atoms with Gasteiger partial charge in [0.1, 0.15) is 5.75 Å². The number of benzene rings is 3. The van der Waals surface area contributed by atoms with Crippen LogP contribution in [0.3, 0.4) is 0 Å². The second kappa shape index (κ2) is 8.71. The number of ether oxygens (including phenoxy) is 1. The van der Waals surface area contributed by atoms with Gasteiger partial charge in [-0.2, -0.15) is 0 Å². The van der Waals surface area contributed by atoms with Crippen molar-refractivity contribution in [1.82, 2.24) is 0 Å². The summed E-state index contributed by atoms with van der Waals surface area (Å²) >= 11 is 0. The Morgan fingerprint density at radius 2 is 1.38 bits per heavy atom. The standard InChI is InChI=1S/C25H28O/c1-4-5-6-7-20-8-10-22(11-9-20)25-17-14-23(18-19(25)2)21-12-15-24(26-3)16-13-21/h8-18H,4-7H2,1-3H3. The van der Waals surface area contributed by atoms with E-state index in [9.17, 15) is 0 Å². The molecule has 0 aromatic heterocycles. The second-order valence-electron chi connectivity index (χ2n) is 6.91. The maximum absolute atomic E-state index is 5.25. The molecule has 0 saturated heterocycles. The van der Waals surface area contributed by atoms with Crippen LogP contribution < -0.4 is 4.74 Å². The minimum atomic E-state index is 0.890. The van der Waals surface area contributed by atoms with E-state index in [1.165, 1.54) is 59.1 Å². The van der Waals surface area contributed by atoms with Gasteiger partial charge in [-0.25, -0.2) is 0 Å². The van der Waals surface area contributed by atoms with Crippen molar-refractivity contribution in [2.75, 3.05) is 7.11 Å². The number of aryl methyl sites for hydroxylation is 2. The molecular formula is C25H28O. The minimum Gasteiger partial charge on any atom is -0.497 e. The molecule has 0 fully saturated rings. The van der Waals surface area contributed by atoms with Crippen molar-refractivity contribution in [3.8, 4) is 28.0 Å². The highest BCUT2D eigenvalue weighted by Crippen LogP contribution is 2.29. The highest BCUT2D eigenvalue weighted by molar-refractivity contribution is 5.73. The van der Waals surface area contributed by atoms with E-state index in [0.29, 0.717) is 0 Å². The maximum Gasteiger partial charge on any atom is 0.118 e. The first kappa shape index (κ1) is 18.3. The van der Waals surface area contributed by atoms with Crippen LogP contribution in [0.2, 0.25) is 0 Å². The zero-order chi connectivity index (χ0) is 18.4. The normalized spacial score (nSPS) is 10.7. The van der Waals surface area contributed by atoms with Gasteiger partial charge in [0.05, 0.1) is 7.11 Å². The van der Waals surface area contributed by atoms with E-state index >= 15 is 0 Å². The van der Waals surface area contributed by atoms with Crippen LogP contribution in [0.1, 0.15) is 37.3 Å². The lowest BCUT2D eigenvalue weighted by Crippen LogP contribution is -1.89. The lowest BCUT2D eigenvalue weighted by Gasteiger charge is -2.11. The quantitative estimate of drug-likeness (QED) is 0.416. The van der Waals surface area contributed by atoms with Gasteiger partial charge in [-0.15, -0.1) is 0 Å². The van der Waals surface area contributed by atoms with E-state index in [1.54, 1.807) is 7.11 Å².